The molecule has 1 N–H and O–H groups in total. The van der Waals surface area contributed by atoms with Crippen LogP contribution in [0.2, 0.25) is 0 Å². The van der Waals surface area contributed by atoms with Crippen LogP contribution in [0.1, 0.15) is 64.2 Å². The number of nitrogens with zero attached hydrogens (tertiary/aromatic N) is 3. The average Bonchev–Trinajstić information content (AvgIpc) is 2.84. The molecule has 1 heterocycles. The molecule has 1 aliphatic carbocycles. The number of piperidine rings is 1. The number of likely N-dealkylation sites (tertiary alicyclic amines) is 1. The standard InChI is InChI=1S/C25H34N4O3/c26-16-7-17-29(22-10-5-2-6-11-22)24(31)13-12-23(30)28-18-14-21(15-19-28)27-25(32)20-8-3-1-4-9-20/h2,5-6,10-11,20-21H,1,3-4,7-9,12-15,17-19H2,(H,27,32). The molecule has 2 aliphatic rings. The molecule has 0 unspecified atom stereocenters. The minimum atomic E-state index is -0.144. The van der Waals surface area contributed by atoms with Crippen molar-refractivity contribution >= 4 is 23.4 Å². The van der Waals surface area contributed by atoms with Gasteiger partial charge >= 0.3 is 0 Å². The number of carbonyl (C=O) groups excluding carboxylic acids is 3. The molecule has 7 heteroatoms. The Morgan fingerprint density at radius 1 is 1.00 bits per heavy atom. The summed E-state index contributed by atoms with van der Waals surface area (Å²) in [6, 6.07) is 11.5. The molecule has 0 aromatic heterocycles. The first-order chi connectivity index (χ1) is 15.6. The van der Waals surface area contributed by atoms with E-state index in [9.17, 15) is 14.4 Å². The van der Waals surface area contributed by atoms with Crippen molar-refractivity contribution < 1.29 is 14.4 Å². The van der Waals surface area contributed by atoms with E-state index in [4.69, 9.17) is 5.26 Å². The lowest BCUT2D eigenvalue weighted by molar-refractivity contribution is -0.134. The molecule has 0 spiro atoms. The van der Waals surface area contributed by atoms with Gasteiger partial charge in [-0.05, 0) is 37.8 Å². The van der Waals surface area contributed by atoms with Crippen LogP contribution in [0.5, 0.6) is 0 Å². The topological polar surface area (TPSA) is 93.5 Å². The van der Waals surface area contributed by atoms with Crippen molar-refractivity contribution in [1.82, 2.24) is 10.2 Å². The van der Waals surface area contributed by atoms with Crippen molar-refractivity contribution in [2.45, 2.75) is 70.3 Å². The highest BCUT2D eigenvalue weighted by atomic mass is 16.2. The smallest absolute Gasteiger partial charge is 0.227 e. The zero-order valence-electron chi connectivity index (χ0n) is 18.8. The Hall–Kier alpha value is -2.88. The van der Waals surface area contributed by atoms with Crippen LogP contribution in [0.4, 0.5) is 5.69 Å². The fourth-order valence-electron chi connectivity index (χ4n) is 4.63. The van der Waals surface area contributed by atoms with Crippen molar-refractivity contribution in [3.63, 3.8) is 0 Å². The van der Waals surface area contributed by atoms with E-state index in [0.29, 0.717) is 19.6 Å². The van der Waals surface area contributed by atoms with E-state index in [0.717, 1.165) is 44.2 Å². The first-order valence-electron chi connectivity index (χ1n) is 11.9. The van der Waals surface area contributed by atoms with Crippen LogP contribution in [0.25, 0.3) is 0 Å². The molecule has 2 fully saturated rings. The summed E-state index contributed by atoms with van der Waals surface area (Å²) in [4.78, 5) is 41.3. The Morgan fingerprint density at radius 2 is 1.69 bits per heavy atom. The summed E-state index contributed by atoms with van der Waals surface area (Å²) in [7, 11) is 0. The molecule has 0 radical (unpaired) electrons. The Balaban J connectivity index is 1.42. The first-order valence-corrected chi connectivity index (χ1v) is 11.9. The first kappa shape index (κ1) is 23.8. The number of benzene rings is 1. The van der Waals surface area contributed by atoms with Crippen LogP contribution < -0.4 is 10.2 Å². The van der Waals surface area contributed by atoms with Gasteiger partial charge in [-0.15, -0.1) is 0 Å². The molecule has 1 aromatic rings. The second-order valence-corrected chi connectivity index (χ2v) is 8.79. The van der Waals surface area contributed by atoms with Gasteiger partial charge < -0.3 is 15.1 Å². The highest BCUT2D eigenvalue weighted by molar-refractivity contribution is 5.95. The summed E-state index contributed by atoms with van der Waals surface area (Å²) < 4.78 is 0. The van der Waals surface area contributed by atoms with Crippen LogP contribution in [-0.2, 0) is 14.4 Å². The van der Waals surface area contributed by atoms with Gasteiger partial charge in [-0.3, -0.25) is 14.4 Å². The number of amides is 3. The van der Waals surface area contributed by atoms with E-state index in [-0.39, 0.29) is 48.9 Å². The van der Waals surface area contributed by atoms with Gasteiger partial charge in [0.05, 0.1) is 12.5 Å². The van der Waals surface area contributed by atoms with Crippen LogP contribution in [-0.4, -0.2) is 48.3 Å². The fraction of sp³-hybridized carbons (Fsp3) is 0.600. The number of nitriles is 1. The number of para-hydroxylation sites is 1. The molecule has 1 aromatic carbocycles. The lowest BCUT2D eigenvalue weighted by Crippen LogP contribution is -2.48. The van der Waals surface area contributed by atoms with E-state index >= 15 is 0 Å². The van der Waals surface area contributed by atoms with Gasteiger partial charge in [0, 0.05) is 50.1 Å². The summed E-state index contributed by atoms with van der Waals surface area (Å²) in [5.41, 5.74) is 0.745. The Morgan fingerprint density at radius 3 is 2.34 bits per heavy atom. The number of hydrogen-bond acceptors (Lipinski definition) is 4. The molecular weight excluding hydrogens is 404 g/mol. The van der Waals surface area contributed by atoms with Gasteiger partial charge in [-0.2, -0.15) is 5.26 Å². The molecule has 3 rings (SSSR count). The van der Waals surface area contributed by atoms with Crippen LogP contribution >= 0.6 is 0 Å². The number of hydrogen-bond donors (Lipinski definition) is 1. The highest BCUT2D eigenvalue weighted by Crippen LogP contribution is 2.24. The van der Waals surface area contributed by atoms with Gasteiger partial charge in [-0.1, -0.05) is 37.5 Å². The van der Waals surface area contributed by atoms with E-state index in [1.807, 2.05) is 30.3 Å². The molecule has 172 valence electrons. The Bertz CT molecular complexity index is 806. The number of anilines is 1. The Labute approximate surface area is 190 Å². The lowest BCUT2D eigenvalue weighted by Gasteiger charge is -2.33. The maximum atomic E-state index is 12.8. The second-order valence-electron chi connectivity index (χ2n) is 8.79. The fourth-order valence-corrected chi connectivity index (χ4v) is 4.63. The van der Waals surface area contributed by atoms with E-state index in [2.05, 4.69) is 11.4 Å². The van der Waals surface area contributed by atoms with Crippen molar-refractivity contribution in [3.05, 3.63) is 30.3 Å². The summed E-state index contributed by atoms with van der Waals surface area (Å²) in [5.74, 6) is 0.166. The normalized spacial score (nSPS) is 17.4. The minimum absolute atomic E-state index is 0.0244. The third-order valence-electron chi connectivity index (χ3n) is 6.54. The number of carbonyl (C=O) groups is 3. The SMILES string of the molecule is N#CCCN(C(=O)CCC(=O)N1CCC(NC(=O)C2CCCCC2)CC1)c1ccccc1. The van der Waals surface area contributed by atoms with E-state index in [1.165, 1.54) is 6.42 Å². The van der Waals surface area contributed by atoms with E-state index < -0.39 is 0 Å². The maximum Gasteiger partial charge on any atom is 0.227 e. The summed E-state index contributed by atoms with van der Waals surface area (Å²) in [5, 5.41) is 12.1. The molecule has 1 saturated heterocycles. The van der Waals surface area contributed by atoms with Gasteiger partial charge in [0.15, 0.2) is 0 Å². The van der Waals surface area contributed by atoms with Crippen molar-refractivity contribution in [3.8, 4) is 6.07 Å². The van der Waals surface area contributed by atoms with Crippen molar-refractivity contribution in [2.75, 3.05) is 24.5 Å². The quantitative estimate of drug-likeness (QED) is 0.673. The zero-order chi connectivity index (χ0) is 22.8. The summed E-state index contributed by atoms with van der Waals surface area (Å²) in [6.45, 7) is 1.54. The number of rotatable bonds is 8. The molecule has 1 aliphatic heterocycles. The second kappa shape index (κ2) is 12.2. The van der Waals surface area contributed by atoms with Crippen LogP contribution in [0, 0.1) is 17.2 Å². The largest absolute Gasteiger partial charge is 0.353 e. The monoisotopic (exact) mass is 438 g/mol. The van der Waals surface area contributed by atoms with E-state index in [1.54, 1.807) is 9.80 Å². The van der Waals surface area contributed by atoms with Crippen LogP contribution in [0.3, 0.4) is 0 Å². The Kier molecular flexibility index (Phi) is 9.09. The molecule has 7 nitrogen and oxygen atoms in total. The molecule has 0 atom stereocenters. The van der Waals surface area contributed by atoms with Crippen molar-refractivity contribution in [2.24, 2.45) is 5.92 Å². The third kappa shape index (κ3) is 6.81. The van der Waals surface area contributed by atoms with Gasteiger partial charge in [0.2, 0.25) is 17.7 Å². The summed E-state index contributed by atoms with van der Waals surface area (Å²) in [6.07, 6.45) is 7.54. The summed E-state index contributed by atoms with van der Waals surface area (Å²) >= 11 is 0. The van der Waals surface area contributed by atoms with Gasteiger partial charge in [0.1, 0.15) is 0 Å². The zero-order valence-corrected chi connectivity index (χ0v) is 18.8. The molecule has 3 amide bonds. The van der Waals surface area contributed by atoms with Gasteiger partial charge in [-0.25, -0.2) is 0 Å². The number of nitrogens with one attached hydrogen (secondary N) is 1. The van der Waals surface area contributed by atoms with Crippen LogP contribution in [0.15, 0.2) is 30.3 Å². The third-order valence-corrected chi connectivity index (χ3v) is 6.54. The van der Waals surface area contributed by atoms with Gasteiger partial charge in [0.25, 0.3) is 0 Å². The minimum Gasteiger partial charge on any atom is -0.353 e. The van der Waals surface area contributed by atoms with Crippen molar-refractivity contribution in [1.29, 1.82) is 5.26 Å². The molecule has 1 saturated carbocycles. The average molecular weight is 439 g/mol. The highest BCUT2D eigenvalue weighted by Gasteiger charge is 2.27. The maximum absolute atomic E-state index is 12.8. The lowest BCUT2D eigenvalue weighted by atomic mass is 9.88. The molecule has 32 heavy (non-hydrogen) atoms. The molecule has 0 bridgehead atoms. The predicted octanol–water partition coefficient (Wildman–Crippen LogP) is 3.40. The molecular formula is C25H34N4O3. The predicted molar refractivity (Wildman–Crippen MR) is 123 cm³/mol.